The zero-order valence-electron chi connectivity index (χ0n) is 14.6. The van der Waals surface area contributed by atoms with Crippen LogP contribution in [0.15, 0.2) is 41.8 Å². The summed E-state index contributed by atoms with van der Waals surface area (Å²) < 4.78 is 5.06. The molecule has 0 aliphatic heterocycles. The molecule has 138 valence electrons. The van der Waals surface area contributed by atoms with Gasteiger partial charge in [-0.15, -0.1) is 11.3 Å². The lowest BCUT2D eigenvalue weighted by atomic mass is 10.2. The number of nitrogens with one attached hydrogen (secondary N) is 2. The third-order valence-electron chi connectivity index (χ3n) is 3.58. The molecule has 1 aromatic carbocycles. The van der Waals surface area contributed by atoms with Crippen LogP contribution in [-0.2, 0) is 9.53 Å². The van der Waals surface area contributed by atoms with E-state index in [-0.39, 0.29) is 24.0 Å². The minimum Gasteiger partial charge on any atom is -0.452 e. The van der Waals surface area contributed by atoms with Crippen molar-refractivity contribution < 1.29 is 19.1 Å². The number of amides is 2. The van der Waals surface area contributed by atoms with Crippen LogP contribution in [0.25, 0.3) is 0 Å². The molecule has 0 aliphatic rings. The van der Waals surface area contributed by atoms with Gasteiger partial charge >= 0.3 is 5.97 Å². The van der Waals surface area contributed by atoms with E-state index in [1.807, 2.05) is 0 Å². The van der Waals surface area contributed by atoms with E-state index in [0.717, 1.165) is 19.3 Å². The van der Waals surface area contributed by atoms with Crippen LogP contribution in [0.4, 0.5) is 5.69 Å². The highest BCUT2D eigenvalue weighted by Crippen LogP contribution is 2.18. The van der Waals surface area contributed by atoms with E-state index in [1.165, 1.54) is 11.3 Å². The summed E-state index contributed by atoms with van der Waals surface area (Å²) in [6.07, 6.45) is 3.00. The van der Waals surface area contributed by atoms with Crippen LogP contribution in [0.2, 0.25) is 0 Å². The van der Waals surface area contributed by atoms with Gasteiger partial charge in [-0.1, -0.05) is 38.0 Å². The first-order valence-electron chi connectivity index (χ1n) is 8.49. The molecule has 0 saturated heterocycles. The molecule has 1 aromatic heterocycles. The van der Waals surface area contributed by atoms with Crippen LogP contribution in [0.3, 0.4) is 0 Å². The van der Waals surface area contributed by atoms with Crippen LogP contribution in [-0.4, -0.2) is 30.9 Å². The molecule has 0 spiro atoms. The lowest BCUT2D eigenvalue weighted by molar-refractivity contribution is -0.124. The number of unbranched alkanes of at least 4 members (excludes halogenated alkanes) is 2. The van der Waals surface area contributed by atoms with Crippen LogP contribution >= 0.6 is 11.3 Å². The summed E-state index contributed by atoms with van der Waals surface area (Å²) in [5.74, 6) is -1.29. The van der Waals surface area contributed by atoms with Crippen molar-refractivity contribution in [2.45, 2.75) is 26.2 Å². The highest BCUT2D eigenvalue weighted by atomic mass is 32.1. The fraction of sp³-hybridized carbons (Fsp3) is 0.316. The van der Waals surface area contributed by atoms with Gasteiger partial charge in [0.15, 0.2) is 6.61 Å². The van der Waals surface area contributed by atoms with E-state index >= 15 is 0 Å². The summed E-state index contributed by atoms with van der Waals surface area (Å²) in [4.78, 5) is 36.7. The van der Waals surface area contributed by atoms with E-state index in [4.69, 9.17) is 4.74 Å². The third kappa shape index (κ3) is 6.00. The molecule has 6 nitrogen and oxygen atoms in total. The van der Waals surface area contributed by atoms with Crippen molar-refractivity contribution in [2.75, 3.05) is 18.5 Å². The van der Waals surface area contributed by atoms with Gasteiger partial charge in [-0.2, -0.15) is 0 Å². The summed E-state index contributed by atoms with van der Waals surface area (Å²) >= 11 is 1.31. The number of anilines is 1. The minimum absolute atomic E-state index is 0.205. The van der Waals surface area contributed by atoms with E-state index in [0.29, 0.717) is 17.1 Å². The van der Waals surface area contributed by atoms with Gasteiger partial charge in [0.1, 0.15) is 0 Å². The van der Waals surface area contributed by atoms with E-state index in [2.05, 4.69) is 17.6 Å². The molecule has 26 heavy (non-hydrogen) atoms. The molecule has 0 atom stereocenters. The lowest BCUT2D eigenvalue weighted by Gasteiger charge is -2.10. The van der Waals surface area contributed by atoms with Crippen molar-refractivity contribution in [2.24, 2.45) is 0 Å². The summed E-state index contributed by atoms with van der Waals surface area (Å²) in [7, 11) is 0. The van der Waals surface area contributed by atoms with E-state index in [9.17, 15) is 14.4 Å². The summed E-state index contributed by atoms with van der Waals surface area (Å²) in [5.41, 5.74) is 0.551. The zero-order valence-corrected chi connectivity index (χ0v) is 15.4. The first-order chi connectivity index (χ1) is 12.6. The van der Waals surface area contributed by atoms with Crippen LogP contribution in [0.1, 0.15) is 46.2 Å². The monoisotopic (exact) mass is 374 g/mol. The fourth-order valence-corrected chi connectivity index (χ4v) is 2.84. The highest BCUT2D eigenvalue weighted by molar-refractivity contribution is 7.12. The maximum absolute atomic E-state index is 12.3. The Kier molecular flexibility index (Phi) is 7.82. The Morgan fingerprint density at radius 1 is 1.08 bits per heavy atom. The Morgan fingerprint density at radius 3 is 2.62 bits per heavy atom. The van der Waals surface area contributed by atoms with Gasteiger partial charge in [-0.05, 0) is 30.0 Å². The largest absolute Gasteiger partial charge is 0.452 e. The molecule has 0 saturated carbocycles. The number of carbonyl (C=O) groups excluding carboxylic acids is 3. The summed E-state index contributed by atoms with van der Waals surface area (Å²) in [6.45, 7) is 2.30. The van der Waals surface area contributed by atoms with Crippen molar-refractivity contribution in [3.05, 3.63) is 52.2 Å². The molecule has 2 amide bonds. The average Bonchev–Trinajstić information content (AvgIpc) is 3.18. The molecule has 0 radical (unpaired) electrons. The molecule has 2 aromatic rings. The van der Waals surface area contributed by atoms with Gasteiger partial charge in [0.25, 0.3) is 11.8 Å². The number of rotatable bonds is 9. The number of hydrogen-bond acceptors (Lipinski definition) is 5. The second-order valence-electron chi connectivity index (χ2n) is 5.61. The van der Waals surface area contributed by atoms with Crippen molar-refractivity contribution in [3.8, 4) is 0 Å². The maximum Gasteiger partial charge on any atom is 0.340 e. The Bertz CT molecular complexity index is 744. The Hall–Kier alpha value is -2.67. The SMILES string of the molecule is CCCCCNC(=O)COC(=O)c1ccccc1NC(=O)c1cccs1. The van der Waals surface area contributed by atoms with Gasteiger partial charge < -0.3 is 15.4 Å². The van der Waals surface area contributed by atoms with Crippen molar-refractivity contribution in [3.63, 3.8) is 0 Å². The molecule has 2 N–H and O–H groups in total. The lowest BCUT2D eigenvalue weighted by Crippen LogP contribution is -2.29. The van der Waals surface area contributed by atoms with Crippen LogP contribution < -0.4 is 10.6 Å². The average molecular weight is 374 g/mol. The van der Waals surface area contributed by atoms with Gasteiger partial charge in [0.05, 0.1) is 16.1 Å². The van der Waals surface area contributed by atoms with E-state index in [1.54, 1.807) is 41.8 Å². The number of thiophene rings is 1. The van der Waals surface area contributed by atoms with Crippen LogP contribution in [0.5, 0.6) is 0 Å². The second-order valence-corrected chi connectivity index (χ2v) is 6.56. The predicted molar refractivity (Wildman–Crippen MR) is 102 cm³/mol. The number of hydrogen-bond donors (Lipinski definition) is 2. The molecule has 0 unspecified atom stereocenters. The summed E-state index contributed by atoms with van der Waals surface area (Å²) in [5, 5.41) is 7.20. The zero-order chi connectivity index (χ0) is 18.8. The van der Waals surface area contributed by atoms with Gasteiger partial charge in [-0.25, -0.2) is 4.79 Å². The predicted octanol–water partition coefficient (Wildman–Crippen LogP) is 3.46. The smallest absolute Gasteiger partial charge is 0.340 e. The fourth-order valence-electron chi connectivity index (χ4n) is 2.22. The third-order valence-corrected chi connectivity index (χ3v) is 4.45. The molecular formula is C19H22N2O4S. The van der Waals surface area contributed by atoms with Crippen molar-refractivity contribution in [1.82, 2.24) is 5.32 Å². The normalized spacial score (nSPS) is 10.2. The number of esters is 1. The van der Waals surface area contributed by atoms with E-state index < -0.39 is 5.97 Å². The first-order valence-corrected chi connectivity index (χ1v) is 9.37. The Labute approximate surface area is 156 Å². The molecular weight excluding hydrogens is 352 g/mol. The number of para-hydroxylation sites is 1. The quantitative estimate of drug-likeness (QED) is 0.520. The standard InChI is InChI=1S/C19H22N2O4S/c1-2-3-6-11-20-17(22)13-25-19(24)14-8-4-5-9-15(14)21-18(23)16-10-7-12-26-16/h4-5,7-10,12H,2-3,6,11,13H2,1H3,(H,20,22)(H,21,23). The first kappa shape index (κ1) is 19.7. The Balaban J connectivity index is 1.90. The molecule has 0 fully saturated rings. The Morgan fingerprint density at radius 2 is 1.88 bits per heavy atom. The highest BCUT2D eigenvalue weighted by Gasteiger charge is 2.16. The van der Waals surface area contributed by atoms with Gasteiger partial charge in [0.2, 0.25) is 0 Å². The molecule has 1 heterocycles. The molecule has 0 aliphatic carbocycles. The number of benzene rings is 1. The molecule has 0 bridgehead atoms. The maximum atomic E-state index is 12.3. The number of ether oxygens (including phenoxy) is 1. The number of carbonyl (C=O) groups is 3. The molecule has 2 rings (SSSR count). The van der Waals surface area contributed by atoms with Crippen molar-refractivity contribution in [1.29, 1.82) is 0 Å². The molecule has 7 heteroatoms. The van der Waals surface area contributed by atoms with Gasteiger partial charge in [0, 0.05) is 6.54 Å². The van der Waals surface area contributed by atoms with Crippen molar-refractivity contribution >= 4 is 34.8 Å². The summed E-state index contributed by atoms with van der Waals surface area (Å²) in [6, 6.07) is 10.0. The van der Waals surface area contributed by atoms with Gasteiger partial charge in [-0.3, -0.25) is 9.59 Å². The van der Waals surface area contributed by atoms with Crippen LogP contribution in [0, 0.1) is 0 Å². The minimum atomic E-state index is -0.657. The second kappa shape index (κ2) is 10.4. The topological polar surface area (TPSA) is 84.5 Å².